The average Bonchev–Trinajstić information content (AvgIpc) is 2.34. The zero-order valence-corrected chi connectivity index (χ0v) is 12.7. The Labute approximate surface area is 121 Å². The lowest BCUT2D eigenvalue weighted by molar-refractivity contribution is 0.0968. The molecule has 2 unspecified atom stereocenters. The van der Waals surface area contributed by atoms with Crippen molar-refractivity contribution in [3.63, 3.8) is 0 Å². The molecule has 1 aliphatic carbocycles. The smallest absolute Gasteiger partial charge is 0.225 e. The van der Waals surface area contributed by atoms with E-state index >= 15 is 0 Å². The lowest BCUT2D eigenvalue weighted by Crippen LogP contribution is -2.28. The van der Waals surface area contributed by atoms with Crippen molar-refractivity contribution in [1.29, 1.82) is 0 Å². The summed E-state index contributed by atoms with van der Waals surface area (Å²) in [4.78, 5) is 8.36. The Morgan fingerprint density at radius 3 is 2.60 bits per heavy atom. The second kappa shape index (κ2) is 6.77. The molecule has 1 aliphatic rings. The lowest BCUT2D eigenvalue weighted by atomic mass is 9.82. The molecule has 0 saturated heterocycles. The summed E-state index contributed by atoms with van der Waals surface area (Å²) in [5, 5.41) is 3.22. The van der Waals surface area contributed by atoms with Crippen molar-refractivity contribution in [3.8, 4) is 5.88 Å². The number of anilines is 2. The van der Waals surface area contributed by atoms with Crippen LogP contribution in [0, 0.1) is 11.8 Å². The molecule has 1 fully saturated rings. The van der Waals surface area contributed by atoms with Crippen LogP contribution in [0.3, 0.4) is 0 Å². The fourth-order valence-electron chi connectivity index (χ4n) is 2.99. The van der Waals surface area contributed by atoms with E-state index in [0.29, 0.717) is 17.7 Å². The highest BCUT2D eigenvalue weighted by Crippen LogP contribution is 2.31. The van der Waals surface area contributed by atoms with Gasteiger partial charge in [0.2, 0.25) is 11.8 Å². The van der Waals surface area contributed by atoms with Crippen LogP contribution in [0.1, 0.15) is 46.5 Å². The number of ether oxygens (including phenoxy) is 1. The number of nitrogen functional groups attached to an aromatic ring is 1. The fourth-order valence-corrected chi connectivity index (χ4v) is 2.99. The van der Waals surface area contributed by atoms with Crippen molar-refractivity contribution in [2.24, 2.45) is 11.8 Å². The van der Waals surface area contributed by atoms with E-state index in [1.54, 1.807) is 0 Å². The normalized spacial score (nSPS) is 26.2. The second-order valence-corrected chi connectivity index (χ2v) is 6.03. The SMILES string of the molecule is CCCNc1cc(OC2CC(C)CC(C)C2)nc(N)n1. The summed E-state index contributed by atoms with van der Waals surface area (Å²) in [6.07, 6.45) is 4.74. The van der Waals surface area contributed by atoms with E-state index in [4.69, 9.17) is 10.5 Å². The maximum Gasteiger partial charge on any atom is 0.225 e. The Hall–Kier alpha value is -1.52. The third kappa shape index (κ3) is 4.25. The van der Waals surface area contributed by atoms with Gasteiger partial charge in [-0.3, -0.25) is 0 Å². The second-order valence-electron chi connectivity index (χ2n) is 6.03. The van der Waals surface area contributed by atoms with E-state index in [9.17, 15) is 0 Å². The van der Waals surface area contributed by atoms with Crippen LogP contribution in [0.15, 0.2) is 6.07 Å². The first kappa shape index (κ1) is 14.9. The summed E-state index contributed by atoms with van der Waals surface area (Å²) >= 11 is 0. The van der Waals surface area contributed by atoms with Crippen LogP contribution < -0.4 is 15.8 Å². The Balaban J connectivity index is 2.02. The van der Waals surface area contributed by atoms with Crippen LogP contribution >= 0.6 is 0 Å². The summed E-state index contributed by atoms with van der Waals surface area (Å²) in [7, 11) is 0. The van der Waals surface area contributed by atoms with Crippen molar-refractivity contribution in [2.75, 3.05) is 17.6 Å². The molecule has 0 spiro atoms. The third-order valence-corrected chi connectivity index (χ3v) is 3.70. The molecule has 0 amide bonds. The highest BCUT2D eigenvalue weighted by Gasteiger charge is 2.25. The number of hydrogen-bond donors (Lipinski definition) is 2. The Morgan fingerprint density at radius 1 is 1.25 bits per heavy atom. The number of hydrogen-bond acceptors (Lipinski definition) is 5. The molecule has 5 heteroatoms. The first-order chi connectivity index (χ1) is 9.56. The van der Waals surface area contributed by atoms with E-state index < -0.39 is 0 Å². The van der Waals surface area contributed by atoms with E-state index in [2.05, 4.69) is 36.1 Å². The molecule has 3 N–H and O–H groups in total. The van der Waals surface area contributed by atoms with Crippen LogP contribution in [0.2, 0.25) is 0 Å². The maximum absolute atomic E-state index is 6.03. The highest BCUT2D eigenvalue weighted by atomic mass is 16.5. The van der Waals surface area contributed by atoms with Gasteiger partial charge < -0.3 is 15.8 Å². The van der Waals surface area contributed by atoms with Gasteiger partial charge >= 0.3 is 0 Å². The monoisotopic (exact) mass is 278 g/mol. The predicted molar refractivity (Wildman–Crippen MR) is 81.8 cm³/mol. The number of nitrogens with zero attached hydrogens (tertiary/aromatic N) is 2. The number of aromatic nitrogens is 2. The lowest BCUT2D eigenvalue weighted by Gasteiger charge is -2.31. The minimum Gasteiger partial charge on any atom is -0.474 e. The topological polar surface area (TPSA) is 73.1 Å². The Bertz CT molecular complexity index is 428. The summed E-state index contributed by atoms with van der Waals surface area (Å²) in [5.74, 6) is 3.01. The molecule has 1 aromatic rings. The molecule has 20 heavy (non-hydrogen) atoms. The van der Waals surface area contributed by atoms with Gasteiger partial charge in [-0.25, -0.2) is 0 Å². The van der Waals surface area contributed by atoms with Crippen molar-refractivity contribution in [2.45, 2.75) is 52.6 Å². The molecule has 1 aromatic heterocycles. The zero-order valence-electron chi connectivity index (χ0n) is 12.7. The highest BCUT2D eigenvalue weighted by molar-refractivity contribution is 5.42. The van der Waals surface area contributed by atoms with E-state index in [1.165, 1.54) is 6.42 Å². The zero-order chi connectivity index (χ0) is 14.5. The molecule has 1 heterocycles. The van der Waals surface area contributed by atoms with Gasteiger partial charge in [0.25, 0.3) is 0 Å². The molecule has 0 bridgehead atoms. The summed E-state index contributed by atoms with van der Waals surface area (Å²) < 4.78 is 6.03. The minimum absolute atomic E-state index is 0.238. The van der Waals surface area contributed by atoms with Gasteiger partial charge in [0, 0.05) is 12.6 Å². The minimum atomic E-state index is 0.238. The van der Waals surface area contributed by atoms with E-state index in [1.807, 2.05) is 6.07 Å². The van der Waals surface area contributed by atoms with Gasteiger partial charge in [0.15, 0.2) is 0 Å². The van der Waals surface area contributed by atoms with E-state index in [0.717, 1.165) is 31.6 Å². The number of rotatable bonds is 5. The Kier molecular flexibility index (Phi) is 5.04. The summed E-state index contributed by atoms with van der Waals surface area (Å²) in [6, 6.07) is 1.84. The standard InChI is InChI=1S/C15H26N4O/c1-4-5-17-13-9-14(19-15(16)18-13)20-12-7-10(2)6-11(3)8-12/h9-12H,4-8H2,1-3H3,(H3,16,17,18,19). The van der Waals surface area contributed by atoms with Gasteiger partial charge in [-0.15, -0.1) is 0 Å². The van der Waals surface area contributed by atoms with Gasteiger partial charge in [-0.2, -0.15) is 9.97 Å². The molecule has 5 nitrogen and oxygen atoms in total. The van der Waals surface area contributed by atoms with Crippen LogP contribution in [-0.2, 0) is 0 Å². The first-order valence-corrected chi connectivity index (χ1v) is 7.62. The molecule has 112 valence electrons. The van der Waals surface area contributed by atoms with Gasteiger partial charge in [0.05, 0.1) is 0 Å². The molecule has 0 aliphatic heterocycles. The molecule has 0 radical (unpaired) electrons. The summed E-state index contributed by atoms with van der Waals surface area (Å²) in [6.45, 7) is 7.55. The van der Waals surface area contributed by atoms with Crippen LogP contribution in [-0.4, -0.2) is 22.6 Å². The number of nitrogens with two attached hydrogens (primary N) is 1. The van der Waals surface area contributed by atoms with Crippen molar-refractivity contribution >= 4 is 11.8 Å². The third-order valence-electron chi connectivity index (χ3n) is 3.70. The van der Waals surface area contributed by atoms with Crippen molar-refractivity contribution < 1.29 is 4.74 Å². The summed E-state index contributed by atoms with van der Waals surface area (Å²) in [5.41, 5.74) is 5.75. The van der Waals surface area contributed by atoms with E-state index in [-0.39, 0.29) is 12.1 Å². The maximum atomic E-state index is 6.03. The fraction of sp³-hybridized carbons (Fsp3) is 0.733. The van der Waals surface area contributed by atoms with Crippen LogP contribution in [0.4, 0.5) is 11.8 Å². The molecule has 0 aromatic carbocycles. The van der Waals surface area contributed by atoms with Crippen molar-refractivity contribution in [3.05, 3.63) is 6.07 Å². The average molecular weight is 278 g/mol. The van der Waals surface area contributed by atoms with Crippen LogP contribution in [0.5, 0.6) is 5.88 Å². The molecule has 2 atom stereocenters. The molecule has 2 rings (SSSR count). The largest absolute Gasteiger partial charge is 0.474 e. The molecular weight excluding hydrogens is 252 g/mol. The number of nitrogens with one attached hydrogen (secondary N) is 1. The van der Waals surface area contributed by atoms with Gasteiger partial charge in [0.1, 0.15) is 11.9 Å². The first-order valence-electron chi connectivity index (χ1n) is 7.62. The van der Waals surface area contributed by atoms with Crippen molar-refractivity contribution in [1.82, 2.24) is 9.97 Å². The quantitative estimate of drug-likeness (QED) is 0.866. The predicted octanol–water partition coefficient (Wildman–Crippen LogP) is 3.08. The molecule has 1 saturated carbocycles. The molecular formula is C15H26N4O. The van der Waals surface area contributed by atoms with Gasteiger partial charge in [-0.05, 0) is 37.5 Å². The van der Waals surface area contributed by atoms with Gasteiger partial charge in [-0.1, -0.05) is 20.8 Å². The Morgan fingerprint density at radius 2 is 1.95 bits per heavy atom. The van der Waals surface area contributed by atoms with Crippen LogP contribution in [0.25, 0.3) is 0 Å².